The zero-order valence-corrected chi connectivity index (χ0v) is 12.2. The largest absolute Gasteiger partial charge is 0.490 e. The van der Waals surface area contributed by atoms with Gasteiger partial charge in [-0.25, -0.2) is 4.79 Å². The third-order valence-corrected chi connectivity index (χ3v) is 2.31. The Morgan fingerprint density at radius 2 is 1.75 bits per heavy atom. The van der Waals surface area contributed by atoms with Gasteiger partial charge in [-0.15, -0.1) is 0 Å². The van der Waals surface area contributed by atoms with E-state index in [0.717, 1.165) is 0 Å². The van der Waals surface area contributed by atoms with E-state index in [-0.39, 0.29) is 24.1 Å². The summed E-state index contributed by atoms with van der Waals surface area (Å²) in [5, 5.41) is 8.78. The maximum atomic E-state index is 11.6. The number of carboxylic acids is 1. The van der Waals surface area contributed by atoms with Gasteiger partial charge in [-0.1, -0.05) is 0 Å². The summed E-state index contributed by atoms with van der Waals surface area (Å²) in [6, 6.07) is 6.04. The lowest BCUT2D eigenvalue weighted by Gasteiger charge is -2.21. The monoisotopic (exact) mass is 280 g/mol. The number of hydrogen-bond acceptors (Lipinski definition) is 4. The van der Waals surface area contributed by atoms with Crippen LogP contribution in [0, 0.1) is 0 Å². The molecule has 0 heterocycles. The maximum absolute atomic E-state index is 11.6. The molecular weight excluding hydrogens is 260 g/mol. The Bertz CT molecular complexity index is 470. The molecule has 0 fully saturated rings. The van der Waals surface area contributed by atoms with Crippen molar-refractivity contribution in [2.24, 2.45) is 0 Å². The van der Waals surface area contributed by atoms with Crippen LogP contribution in [-0.4, -0.2) is 28.8 Å². The fourth-order valence-corrected chi connectivity index (χ4v) is 1.57. The lowest BCUT2D eigenvalue weighted by molar-refractivity contribution is -0.156. The van der Waals surface area contributed by atoms with Gasteiger partial charge in [-0.3, -0.25) is 4.79 Å². The predicted octanol–water partition coefficient (Wildman–Crippen LogP) is 2.88. The summed E-state index contributed by atoms with van der Waals surface area (Å²) in [5.74, 6) is -0.795. The Balaban J connectivity index is 2.52. The number of hydrogen-bond donors (Lipinski definition) is 1. The average Bonchev–Trinajstić information content (AvgIpc) is 2.26. The highest BCUT2D eigenvalue weighted by atomic mass is 16.6. The van der Waals surface area contributed by atoms with Crippen LogP contribution in [0.5, 0.6) is 5.75 Å². The number of carbonyl (C=O) groups excluding carboxylic acids is 1. The molecule has 0 saturated carbocycles. The summed E-state index contributed by atoms with van der Waals surface area (Å²) in [4.78, 5) is 22.3. The molecule has 20 heavy (non-hydrogen) atoms. The van der Waals surface area contributed by atoms with E-state index in [9.17, 15) is 9.59 Å². The summed E-state index contributed by atoms with van der Waals surface area (Å²) in [7, 11) is 0. The van der Waals surface area contributed by atoms with E-state index < -0.39 is 11.6 Å². The molecular formula is C15H20O5. The first-order valence-corrected chi connectivity index (χ1v) is 6.39. The third-order valence-electron chi connectivity index (χ3n) is 2.31. The molecule has 5 nitrogen and oxygen atoms in total. The van der Waals surface area contributed by atoms with Gasteiger partial charge in [0.2, 0.25) is 0 Å². The summed E-state index contributed by atoms with van der Waals surface area (Å²) in [5.41, 5.74) is -0.322. The highest BCUT2D eigenvalue weighted by Gasteiger charge is 2.19. The van der Waals surface area contributed by atoms with E-state index in [2.05, 4.69) is 0 Å². The van der Waals surface area contributed by atoms with Gasteiger partial charge >= 0.3 is 11.9 Å². The fourth-order valence-electron chi connectivity index (χ4n) is 1.57. The number of benzene rings is 1. The quantitative estimate of drug-likeness (QED) is 0.839. The molecule has 1 rings (SSSR count). The van der Waals surface area contributed by atoms with Crippen molar-refractivity contribution in [1.29, 1.82) is 0 Å². The highest BCUT2D eigenvalue weighted by molar-refractivity contribution is 5.87. The second-order valence-electron chi connectivity index (χ2n) is 5.55. The Hall–Kier alpha value is -2.04. The lowest BCUT2D eigenvalue weighted by atomic mass is 10.2. The molecule has 1 N–H and O–H groups in total. The number of ether oxygens (including phenoxy) is 2. The van der Waals surface area contributed by atoms with Crippen LogP contribution in [0.2, 0.25) is 0 Å². The van der Waals surface area contributed by atoms with Gasteiger partial charge in [0.25, 0.3) is 0 Å². The SMILES string of the molecule is CC(CC(=O)OC(C)(C)C)Oc1ccc(C(=O)O)cc1. The summed E-state index contributed by atoms with van der Waals surface area (Å²) in [6.07, 6.45) is -0.210. The first-order valence-electron chi connectivity index (χ1n) is 6.39. The van der Waals surface area contributed by atoms with Crippen molar-refractivity contribution in [3.05, 3.63) is 29.8 Å². The molecule has 1 aromatic rings. The first-order chi connectivity index (χ1) is 9.17. The number of carbonyl (C=O) groups is 2. The summed E-state index contributed by atoms with van der Waals surface area (Å²) >= 11 is 0. The first kappa shape index (κ1) is 16.0. The number of carboxylic acid groups (broad SMARTS) is 1. The van der Waals surface area contributed by atoms with Crippen LogP contribution < -0.4 is 4.74 Å². The predicted molar refractivity (Wildman–Crippen MR) is 74.0 cm³/mol. The van der Waals surface area contributed by atoms with E-state index in [1.165, 1.54) is 12.1 Å². The third kappa shape index (κ3) is 5.73. The van der Waals surface area contributed by atoms with Gasteiger partial charge < -0.3 is 14.6 Å². The zero-order chi connectivity index (χ0) is 15.3. The molecule has 1 atom stereocenters. The van der Waals surface area contributed by atoms with Crippen LogP contribution in [0.15, 0.2) is 24.3 Å². The molecule has 0 saturated heterocycles. The van der Waals surface area contributed by atoms with E-state index >= 15 is 0 Å². The van der Waals surface area contributed by atoms with E-state index in [1.54, 1.807) is 39.8 Å². The molecule has 1 unspecified atom stereocenters. The summed E-state index contributed by atoms with van der Waals surface area (Å²) < 4.78 is 10.7. The normalized spacial score (nSPS) is 12.6. The molecule has 0 aliphatic heterocycles. The molecule has 5 heteroatoms. The molecule has 0 spiro atoms. The van der Waals surface area contributed by atoms with Crippen LogP contribution in [0.25, 0.3) is 0 Å². The molecule has 110 valence electrons. The van der Waals surface area contributed by atoms with Crippen molar-refractivity contribution in [3.63, 3.8) is 0 Å². The molecule has 0 aromatic heterocycles. The fraction of sp³-hybridized carbons (Fsp3) is 0.467. The minimum absolute atomic E-state index is 0.137. The minimum Gasteiger partial charge on any atom is -0.490 e. The standard InChI is InChI=1S/C15H20O5/c1-10(9-13(16)20-15(2,3)4)19-12-7-5-11(6-8-12)14(17)18/h5-8,10H,9H2,1-4H3,(H,17,18). The van der Waals surface area contributed by atoms with Crippen LogP contribution in [0.1, 0.15) is 44.5 Å². The van der Waals surface area contributed by atoms with Gasteiger partial charge in [-0.05, 0) is 52.0 Å². The zero-order valence-electron chi connectivity index (χ0n) is 12.2. The maximum Gasteiger partial charge on any atom is 0.335 e. The Morgan fingerprint density at radius 1 is 1.20 bits per heavy atom. The molecule has 0 amide bonds. The van der Waals surface area contributed by atoms with Crippen molar-refractivity contribution in [2.45, 2.75) is 45.8 Å². The molecule has 0 radical (unpaired) electrons. The number of rotatable bonds is 5. The van der Waals surface area contributed by atoms with Gasteiger partial charge in [0, 0.05) is 0 Å². The second kappa shape index (κ2) is 6.41. The van der Waals surface area contributed by atoms with Crippen LogP contribution in [0.3, 0.4) is 0 Å². The average molecular weight is 280 g/mol. The highest BCUT2D eigenvalue weighted by Crippen LogP contribution is 2.16. The van der Waals surface area contributed by atoms with Crippen molar-refractivity contribution < 1.29 is 24.2 Å². The van der Waals surface area contributed by atoms with Crippen molar-refractivity contribution in [3.8, 4) is 5.75 Å². The Morgan fingerprint density at radius 3 is 2.20 bits per heavy atom. The van der Waals surface area contributed by atoms with E-state index in [1.807, 2.05) is 0 Å². The van der Waals surface area contributed by atoms with Gasteiger partial charge in [0.05, 0.1) is 12.0 Å². The Kier molecular flexibility index (Phi) is 5.13. The summed E-state index contributed by atoms with van der Waals surface area (Å²) in [6.45, 7) is 7.18. The van der Waals surface area contributed by atoms with E-state index in [0.29, 0.717) is 5.75 Å². The lowest BCUT2D eigenvalue weighted by Crippen LogP contribution is -2.27. The van der Waals surface area contributed by atoms with Gasteiger partial charge in [0.1, 0.15) is 17.5 Å². The van der Waals surface area contributed by atoms with Crippen molar-refractivity contribution >= 4 is 11.9 Å². The van der Waals surface area contributed by atoms with E-state index in [4.69, 9.17) is 14.6 Å². The van der Waals surface area contributed by atoms with Crippen molar-refractivity contribution in [1.82, 2.24) is 0 Å². The second-order valence-corrected chi connectivity index (χ2v) is 5.55. The molecule has 1 aromatic carbocycles. The van der Waals surface area contributed by atoms with Gasteiger partial charge in [0.15, 0.2) is 0 Å². The van der Waals surface area contributed by atoms with Crippen LogP contribution in [-0.2, 0) is 9.53 Å². The number of esters is 1. The smallest absolute Gasteiger partial charge is 0.335 e. The topological polar surface area (TPSA) is 72.8 Å². The number of aromatic carboxylic acids is 1. The van der Waals surface area contributed by atoms with Crippen LogP contribution in [0.4, 0.5) is 0 Å². The molecule has 0 aliphatic rings. The van der Waals surface area contributed by atoms with Gasteiger partial charge in [-0.2, -0.15) is 0 Å². The molecule has 0 aliphatic carbocycles. The van der Waals surface area contributed by atoms with Crippen LogP contribution >= 0.6 is 0 Å². The van der Waals surface area contributed by atoms with Crippen molar-refractivity contribution in [2.75, 3.05) is 0 Å². The molecule has 0 bridgehead atoms. The Labute approximate surface area is 118 Å². The minimum atomic E-state index is -0.988.